The first-order chi connectivity index (χ1) is 13.7. The van der Waals surface area contributed by atoms with Gasteiger partial charge in [0.1, 0.15) is 0 Å². The Bertz CT molecular complexity index is 911. The van der Waals surface area contributed by atoms with Crippen molar-refractivity contribution in [3.05, 3.63) is 66.5 Å². The summed E-state index contributed by atoms with van der Waals surface area (Å²) in [4.78, 5) is 4.27. The molecule has 0 bridgehead atoms. The number of nitrogens with one attached hydrogen (secondary N) is 2. The zero-order valence-electron chi connectivity index (χ0n) is 16.8. The number of benzene rings is 2. The van der Waals surface area contributed by atoms with Crippen molar-refractivity contribution >= 4 is 35.6 Å². The number of nitrogens with zero attached hydrogens (tertiary/aromatic N) is 3. The SMILES string of the molecule is CN=C(NCCc1ccc(-n2cccn2)cc1)Nc1ccc(OC)c(OC)c1.I. The number of halogens is 1. The quantitative estimate of drug-likeness (QED) is 0.290. The summed E-state index contributed by atoms with van der Waals surface area (Å²) < 4.78 is 12.4. The first kappa shape index (κ1) is 22.5. The van der Waals surface area contributed by atoms with E-state index in [1.54, 1.807) is 27.5 Å². The normalized spacial score (nSPS) is 10.8. The molecule has 0 aliphatic heterocycles. The molecule has 1 heterocycles. The van der Waals surface area contributed by atoms with Gasteiger partial charge in [0.2, 0.25) is 0 Å². The van der Waals surface area contributed by atoms with E-state index in [-0.39, 0.29) is 24.0 Å². The summed E-state index contributed by atoms with van der Waals surface area (Å²) in [6.07, 6.45) is 4.58. The Kier molecular flexibility index (Phi) is 8.78. The molecule has 154 valence electrons. The Morgan fingerprint density at radius 1 is 1.07 bits per heavy atom. The van der Waals surface area contributed by atoms with Crippen LogP contribution in [0.3, 0.4) is 0 Å². The Labute approximate surface area is 188 Å². The molecule has 0 aliphatic rings. The number of anilines is 1. The van der Waals surface area contributed by atoms with E-state index in [1.807, 2.05) is 35.1 Å². The van der Waals surface area contributed by atoms with Crippen LogP contribution in [0, 0.1) is 0 Å². The van der Waals surface area contributed by atoms with Crippen LogP contribution in [0.25, 0.3) is 5.69 Å². The summed E-state index contributed by atoms with van der Waals surface area (Å²) in [5, 5.41) is 10.8. The topological polar surface area (TPSA) is 72.7 Å². The highest BCUT2D eigenvalue weighted by Gasteiger charge is 2.06. The van der Waals surface area contributed by atoms with Crippen molar-refractivity contribution in [3.8, 4) is 17.2 Å². The molecule has 0 spiro atoms. The fourth-order valence-corrected chi connectivity index (χ4v) is 2.79. The molecule has 2 aromatic carbocycles. The maximum absolute atomic E-state index is 5.34. The lowest BCUT2D eigenvalue weighted by Crippen LogP contribution is -2.32. The third kappa shape index (κ3) is 6.11. The third-order valence-electron chi connectivity index (χ3n) is 4.28. The van der Waals surface area contributed by atoms with Crippen molar-refractivity contribution in [1.29, 1.82) is 0 Å². The summed E-state index contributed by atoms with van der Waals surface area (Å²) >= 11 is 0. The smallest absolute Gasteiger partial charge is 0.195 e. The maximum atomic E-state index is 5.34. The number of rotatable bonds is 7. The van der Waals surface area contributed by atoms with E-state index in [0.717, 1.165) is 24.3 Å². The van der Waals surface area contributed by atoms with Crippen molar-refractivity contribution in [3.63, 3.8) is 0 Å². The average Bonchev–Trinajstić information content (AvgIpc) is 3.28. The second-order valence-corrected chi connectivity index (χ2v) is 6.06. The van der Waals surface area contributed by atoms with Gasteiger partial charge in [-0.05, 0) is 42.3 Å². The minimum absolute atomic E-state index is 0. The van der Waals surface area contributed by atoms with Crippen LogP contribution in [0.15, 0.2) is 65.9 Å². The number of ether oxygens (including phenoxy) is 2. The lowest BCUT2D eigenvalue weighted by atomic mass is 10.1. The van der Waals surface area contributed by atoms with Crippen LogP contribution in [0.4, 0.5) is 5.69 Å². The van der Waals surface area contributed by atoms with E-state index in [2.05, 4.69) is 45.0 Å². The zero-order chi connectivity index (χ0) is 19.8. The van der Waals surface area contributed by atoms with E-state index in [0.29, 0.717) is 17.5 Å². The van der Waals surface area contributed by atoms with Gasteiger partial charge in [-0.2, -0.15) is 5.10 Å². The Morgan fingerprint density at radius 2 is 1.83 bits per heavy atom. The fourth-order valence-electron chi connectivity index (χ4n) is 2.79. The van der Waals surface area contributed by atoms with Gasteiger partial charge in [0, 0.05) is 37.7 Å². The molecule has 3 aromatic rings. The van der Waals surface area contributed by atoms with Crippen LogP contribution in [0.5, 0.6) is 11.5 Å². The van der Waals surface area contributed by atoms with Crippen molar-refractivity contribution < 1.29 is 9.47 Å². The summed E-state index contributed by atoms with van der Waals surface area (Å²) in [5.41, 5.74) is 3.16. The lowest BCUT2D eigenvalue weighted by molar-refractivity contribution is 0.355. The summed E-state index contributed by atoms with van der Waals surface area (Å²) in [5.74, 6) is 2.05. The van der Waals surface area contributed by atoms with Gasteiger partial charge in [0.15, 0.2) is 17.5 Å². The van der Waals surface area contributed by atoms with Gasteiger partial charge in [-0.15, -0.1) is 24.0 Å². The van der Waals surface area contributed by atoms with Gasteiger partial charge in [-0.25, -0.2) is 4.68 Å². The van der Waals surface area contributed by atoms with Crippen molar-refractivity contribution in [2.45, 2.75) is 6.42 Å². The second-order valence-electron chi connectivity index (χ2n) is 6.06. The molecule has 0 unspecified atom stereocenters. The van der Waals surface area contributed by atoms with Gasteiger partial charge >= 0.3 is 0 Å². The van der Waals surface area contributed by atoms with E-state index < -0.39 is 0 Å². The number of aliphatic imine (C=N–C) groups is 1. The molecule has 1 aromatic heterocycles. The average molecular weight is 507 g/mol. The molecule has 0 aliphatic carbocycles. The zero-order valence-corrected chi connectivity index (χ0v) is 19.1. The molecule has 0 saturated heterocycles. The molecule has 0 radical (unpaired) electrons. The largest absolute Gasteiger partial charge is 0.493 e. The molecule has 0 atom stereocenters. The number of aromatic nitrogens is 2. The molecular weight excluding hydrogens is 481 g/mol. The van der Waals surface area contributed by atoms with Crippen LogP contribution in [0.2, 0.25) is 0 Å². The van der Waals surface area contributed by atoms with Crippen LogP contribution in [-0.4, -0.2) is 43.6 Å². The van der Waals surface area contributed by atoms with Crippen molar-refractivity contribution in [1.82, 2.24) is 15.1 Å². The molecule has 0 fully saturated rings. The highest BCUT2D eigenvalue weighted by Crippen LogP contribution is 2.29. The van der Waals surface area contributed by atoms with Gasteiger partial charge in [-0.1, -0.05) is 12.1 Å². The Hall–Kier alpha value is -2.75. The third-order valence-corrected chi connectivity index (χ3v) is 4.28. The van der Waals surface area contributed by atoms with Crippen LogP contribution in [0.1, 0.15) is 5.56 Å². The predicted molar refractivity (Wildman–Crippen MR) is 127 cm³/mol. The molecule has 0 saturated carbocycles. The first-order valence-electron chi connectivity index (χ1n) is 9.02. The molecule has 7 nitrogen and oxygen atoms in total. The molecule has 3 rings (SSSR count). The maximum Gasteiger partial charge on any atom is 0.195 e. The van der Waals surface area contributed by atoms with E-state index in [1.165, 1.54) is 5.56 Å². The Morgan fingerprint density at radius 3 is 2.45 bits per heavy atom. The highest BCUT2D eigenvalue weighted by molar-refractivity contribution is 14.0. The van der Waals surface area contributed by atoms with Crippen LogP contribution in [-0.2, 0) is 6.42 Å². The summed E-state index contributed by atoms with van der Waals surface area (Å²) in [6, 6.07) is 15.9. The highest BCUT2D eigenvalue weighted by atomic mass is 127. The van der Waals surface area contributed by atoms with E-state index >= 15 is 0 Å². The lowest BCUT2D eigenvalue weighted by Gasteiger charge is -2.14. The molecule has 8 heteroatoms. The van der Waals surface area contributed by atoms with Gasteiger partial charge in [-0.3, -0.25) is 4.99 Å². The van der Waals surface area contributed by atoms with Gasteiger partial charge in [0.25, 0.3) is 0 Å². The van der Waals surface area contributed by atoms with E-state index in [9.17, 15) is 0 Å². The predicted octanol–water partition coefficient (Wildman–Crippen LogP) is 3.74. The molecule has 0 amide bonds. The van der Waals surface area contributed by atoms with Crippen molar-refractivity contribution in [2.75, 3.05) is 33.1 Å². The minimum Gasteiger partial charge on any atom is -0.493 e. The fraction of sp³-hybridized carbons (Fsp3) is 0.238. The summed E-state index contributed by atoms with van der Waals surface area (Å²) in [6.45, 7) is 0.758. The number of hydrogen-bond donors (Lipinski definition) is 2. The van der Waals surface area contributed by atoms with Crippen LogP contribution < -0.4 is 20.1 Å². The number of guanidine groups is 1. The van der Waals surface area contributed by atoms with Crippen molar-refractivity contribution in [2.24, 2.45) is 4.99 Å². The monoisotopic (exact) mass is 507 g/mol. The van der Waals surface area contributed by atoms with E-state index in [4.69, 9.17) is 9.47 Å². The first-order valence-corrected chi connectivity index (χ1v) is 9.02. The molecule has 2 N–H and O–H groups in total. The summed E-state index contributed by atoms with van der Waals surface area (Å²) in [7, 11) is 4.98. The molecular formula is C21H26IN5O2. The molecule has 29 heavy (non-hydrogen) atoms. The standard InChI is InChI=1S/C21H25N5O2.HI/c1-22-21(25-17-7-10-19(27-2)20(15-17)28-3)23-13-11-16-5-8-18(9-6-16)26-14-4-12-24-26;/h4-10,12,14-15H,11,13H2,1-3H3,(H2,22,23,25);1H. The van der Waals surface area contributed by atoms with Gasteiger partial charge in [0.05, 0.1) is 19.9 Å². The second kappa shape index (κ2) is 11.3. The number of hydrogen-bond acceptors (Lipinski definition) is 4. The van der Waals surface area contributed by atoms with Gasteiger partial charge < -0.3 is 20.1 Å². The minimum atomic E-state index is 0. The van der Waals surface area contributed by atoms with Crippen LogP contribution >= 0.6 is 24.0 Å². The number of methoxy groups -OCH3 is 2. The Balaban J connectivity index is 0.00000300.